The quantitative estimate of drug-likeness (QED) is 0.933. The maximum Gasteiger partial charge on any atom is 0.164 e. The van der Waals surface area contributed by atoms with Gasteiger partial charge in [-0.1, -0.05) is 15.9 Å². The second-order valence-electron chi connectivity index (χ2n) is 4.60. The van der Waals surface area contributed by atoms with E-state index in [4.69, 9.17) is 15.2 Å². The highest BCUT2D eigenvalue weighted by atomic mass is 79.9. The lowest BCUT2D eigenvalue weighted by atomic mass is 9.71. The fourth-order valence-corrected chi connectivity index (χ4v) is 3.45. The molecule has 2 N–H and O–H groups in total. The Bertz CT molecular complexity index is 442. The lowest BCUT2D eigenvalue weighted by molar-refractivity contribution is 0.249. The van der Waals surface area contributed by atoms with Crippen LogP contribution in [0.25, 0.3) is 0 Å². The van der Waals surface area contributed by atoms with Gasteiger partial charge in [-0.2, -0.15) is 0 Å². The van der Waals surface area contributed by atoms with Gasteiger partial charge in [0.2, 0.25) is 0 Å². The number of benzene rings is 1. The number of nitrogens with two attached hydrogens (primary N) is 1. The van der Waals surface area contributed by atoms with Gasteiger partial charge in [0.05, 0.1) is 14.2 Å². The van der Waals surface area contributed by atoms with Gasteiger partial charge < -0.3 is 15.2 Å². The lowest BCUT2D eigenvalue weighted by Gasteiger charge is -2.40. The first kappa shape index (κ1) is 12.7. The molecule has 0 aliphatic heterocycles. The molecular formula is C13H18BrNO2. The van der Waals surface area contributed by atoms with Crippen LogP contribution in [-0.4, -0.2) is 14.2 Å². The van der Waals surface area contributed by atoms with Crippen LogP contribution in [0, 0.1) is 6.92 Å². The number of halogens is 1. The number of methoxy groups -OCH3 is 2. The van der Waals surface area contributed by atoms with E-state index in [1.54, 1.807) is 14.2 Å². The number of hydrogen-bond acceptors (Lipinski definition) is 3. The van der Waals surface area contributed by atoms with Crippen LogP contribution < -0.4 is 15.2 Å². The van der Waals surface area contributed by atoms with E-state index in [2.05, 4.69) is 15.9 Å². The molecule has 3 nitrogen and oxygen atoms in total. The third-order valence-corrected chi connectivity index (χ3v) is 4.23. The number of hydrogen-bond donors (Lipinski definition) is 1. The normalized spacial score (nSPS) is 17.5. The van der Waals surface area contributed by atoms with Crippen molar-refractivity contribution in [1.29, 1.82) is 0 Å². The predicted molar refractivity (Wildman–Crippen MR) is 71.7 cm³/mol. The molecule has 94 valence electrons. The summed E-state index contributed by atoms with van der Waals surface area (Å²) in [7, 11) is 3.30. The molecule has 4 heteroatoms. The average molecular weight is 300 g/mol. The summed E-state index contributed by atoms with van der Waals surface area (Å²) >= 11 is 3.60. The van der Waals surface area contributed by atoms with E-state index in [0.29, 0.717) is 0 Å². The highest BCUT2D eigenvalue weighted by molar-refractivity contribution is 9.10. The molecule has 1 aliphatic rings. The molecule has 1 fully saturated rings. The van der Waals surface area contributed by atoms with Crippen molar-refractivity contribution in [3.8, 4) is 11.5 Å². The fourth-order valence-electron chi connectivity index (χ4n) is 2.55. The van der Waals surface area contributed by atoms with Crippen LogP contribution in [0.15, 0.2) is 10.5 Å². The van der Waals surface area contributed by atoms with Crippen molar-refractivity contribution in [2.45, 2.75) is 31.7 Å². The van der Waals surface area contributed by atoms with E-state index in [1.807, 2.05) is 13.0 Å². The van der Waals surface area contributed by atoms with Gasteiger partial charge in [-0.15, -0.1) is 0 Å². The molecule has 2 rings (SSSR count). The first-order chi connectivity index (χ1) is 8.03. The minimum absolute atomic E-state index is 0.206. The first-order valence-electron chi connectivity index (χ1n) is 5.74. The Labute approximate surface area is 110 Å². The highest BCUT2D eigenvalue weighted by Gasteiger charge is 2.38. The molecule has 0 spiro atoms. The van der Waals surface area contributed by atoms with Gasteiger partial charge >= 0.3 is 0 Å². The van der Waals surface area contributed by atoms with Crippen LogP contribution in [0.4, 0.5) is 0 Å². The van der Waals surface area contributed by atoms with Gasteiger partial charge in [-0.3, -0.25) is 0 Å². The zero-order valence-corrected chi connectivity index (χ0v) is 12.1. The molecule has 0 aromatic heterocycles. The highest BCUT2D eigenvalue weighted by Crippen LogP contribution is 2.48. The van der Waals surface area contributed by atoms with Crippen LogP contribution in [0.3, 0.4) is 0 Å². The van der Waals surface area contributed by atoms with Crippen LogP contribution in [0.1, 0.15) is 30.4 Å². The van der Waals surface area contributed by atoms with E-state index >= 15 is 0 Å². The van der Waals surface area contributed by atoms with Gasteiger partial charge in [0.15, 0.2) is 11.5 Å². The van der Waals surface area contributed by atoms with Crippen molar-refractivity contribution in [3.05, 3.63) is 21.7 Å². The van der Waals surface area contributed by atoms with Crippen LogP contribution in [0.2, 0.25) is 0 Å². The van der Waals surface area contributed by atoms with Crippen LogP contribution in [0.5, 0.6) is 11.5 Å². The van der Waals surface area contributed by atoms with E-state index < -0.39 is 0 Å². The van der Waals surface area contributed by atoms with Gasteiger partial charge in [0, 0.05) is 15.6 Å². The first-order valence-corrected chi connectivity index (χ1v) is 6.53. The Kier molecular flexibility index (Phi) is 3.36. The lowest BCUT2D eigenvalue weighted by Crippen LogP contribution is -2.44. The predicted octanol–water partition coefficient (Wildman–Crippen LogP) is 3.11. The molecule has 1 aliphatic carbocycles. The molecule has 1 saturated carbocycles. The van der Waals surface area contributed by atoms with Crippen molar-refractivity contribution in [1.82, 2.24) is 0 Å². The van der Waals surface area contributed by atoms with Gasteiger partial charge in [-0.05, 0) is 37.8 Å². The Morgan fingerprint density at radius 3 is 2.35 bits per heavy atom. The molecule has 0 unspecified atom stereocenters. The molecule has 1 aromatic carbocycles. The summed E-state index contributed by atoms with van der Waals surface area (Å²) in [6, 6.07) is 1.94. The topological polar surface area (TPSA) is 44.5 Å². The summed E-state index contributed by atoms with van der Waals surface area (Å²) in [5.41, 5.74) is 8.43. The molecular weight excluding hydrogens is 282 g/mol. The molecule has 0 saturated heterocycles. The standard InChI is InChI=1S/C13H18BrNO2/c1-8-11(13(15)5-4-6-13)9(14)7-10(16-2)12(8)17-3/h7H,4-6,15H2,1-3H3. The molecule has 0 atom stereocenters. The Balaban J connectivity index is 2.60. The van der Waals surface area contributed by atoms with Gasteiger partial charge in [0.25, 0.3) is 0 Å². The average Bonchev–Trinajstić information content (AvgIpc) is 2.25. The van der Waals surface area contributed by atoms with Crippen molar-refractivity contribution in [2.24, 2.45) is 5.73 Å². The summed E-state index contributed by atoms with van der Waals surface area (Å²) in [6.45, 7) is 2.04. The summed E-state index contributed by atoms with van der Waals surface area (Å²) in [6.07, 6.45) is 3.25. The monoisotopic (exact) mass is 299 g/mol. The summed E-state index contributed by atoms with van der Waals surface area (Å²) in [5.74, 6) is 1.52. The molecule has 0 amide bonds. The number of rotatable bonds is 3. The van der Waals surface area contributed by atoms with Gasteiger partial charge in [-0.25, -0.2) is 0 Å². The van der Waals surface area contributed by atoms with Crippen molar-refractivity contribution < 1.29 is 9.47 Å². The Morgan fingerprint density at radius 1 is 1.29 bits per heavy atom. The largest absolute Gasteiger partial charge is 0.493 e. The molecule has 17 heavy (non-hydrogen) atoms. The summed E-state index contributed by atoms with van der Waals surface area (Å²) in [5, 5.41) is 0. The maximum absolute atomic E-state index is 6.41. The molecule has 0 bridgehead atoms. The Hall–Kier alpha value is -0.740. The third kappa shape index (κ3) is 1.93. The zero-order chi connectivity index (χ0) is 12.6. The minimum Gasteiger partial charge on any atom is -0.493 e. The van der Waals surface area contributed by atoms with E-state index in [9.17, 15) is 0 Å². The van der Waals surface area contributed by atoms with Crippen molar-refractivity contribution in [2.75, 3.05) is 14.2 Å². The fraction of sp³-hybridized carbons (Fsp3) is 0.538. The second kappa shape index (κ2) is 4.50. The van der Waals surface area contributed by atoms with E-state index in [1.165, 1.54) is 6.42 Å². The summed E-state index contributed by atoms with van der Waals surface area (Å²) < 4.78 is 11.8. The van der Waals surface area contributed by atoms with Crippen LogP contribution >= 0.6 is 15.9 Å². The minimum atomic E-state index is -0.206. The third-order valence-electron chi connectivity index (χ3n) is 3.60. The van der Waals surface area contributed by atoms with Crippen molar-refractivity contribution in [3.63, 3.8) is 0 Å². The van der Waals surface area contributed by atoms with Gasteiger partial charge in [0.1, 0.15) is 0 Å². The summed E-state index contributed by atoms with van der Waals surface area (Å²) in [4.78, 5) is 0. The van der Waals surface area contributed by atoms with Crippen LogP contribution in [-0.2, 0) is 5.54 Å². The van der Waals surface area contributed by atoms with E-state index in [0.717, 1.165) is 39.9 Å². The SMILES string of the molecule is COc1cc(Br)c(C2(N)CCC2)c(C)c1OC. The molecule has 0 heterocycles. The van der Waals surface area contributed by atoms with Crippen molar-refractivity contribution >= 4 is 15.9 Å². The molecule has 0 radical (unpaired) electrons. The number of ether oxygens (including phenoxy) is 2. The zero-order valence-electron chi connectivity index (χ0n) is 10.5. The Morgan fingerprint density at radius 2 is 1.94 bits per heavy atom. The maximum atomic E-state index is 6.41. The smallest absolute Gasteiger partial charge is 0.164 e. The van der Waals surface area contributed by atoms with E-state index in [-0.39, 0.29) is 5.54 Å². The molecule has 1 aromatic rings. The second-order valence-corrected chi connectivity index (χ2v) is 5.46.